The summed E-state index contributed by atoms with van der Waals surface area (Å²) in [7, 11) is 0. The quantitative estimate of drug-likeness (QED) is 0.822. The molecule has 0 saturated heterocycles. The van der Waals surface area contributed by atoms with Crippen LogP contribution in [0.15, 0.2) is 54.6 Å². The van der Waals surface area contributed by atoms with Crippen LogP contribution in [0.1, 0.15) is 31.1 Å². The third kappa shape index (κ3) is 5.12. The molecule has 126 valence electrons. The Morgan fingerprint density at radius 1 is 0.917 bits per heavy atom. The molecule has 0 aliphatic carbocycles. The molecule has 1 atom stereocenters. The van der Waals surface area contributed by atoms with Crippen LogP contribution in [0, 0.1) is 0 Å². The van der Waals surface area contributed by atoms with E-state index >= 15 is 0 Å². The van der Waals surface area contributed by atoms with Crippen molar-refractivity contribution >= 4 is 17.6 Å². The standard InChI is InChI=1S/C19H21NO4/c1-13(2)23-17-11-9-15(10-12-17)19(22)24-14(3)18(21)20-16-7-5-4-6-8-16/h4-14H,1-3H3,(H,20,21)/t14-/m1/s1. The van der Waals surface area contributed by atoms with Crippen LogP contribution >= 0.6 is 0 Å². The number of ether oxygens (including phenoxy) is 2. The fourth-order valence-corrected chi connectivity index (χ4v) is 1.99. The van der Waals surface area contributed by atoms with E-state index in [0.717, 1.165) is 0 Å². The summed E-state index contributed by atoms with van der Waals surface area (Å²) in [6.07, 6.45) is -0.839. The second kappa shape index (κ2) is 8.15. The largest absolute Gasteiger partial charge is 0.491 e. The first kappa shape index (κ1) is 17.5. The molecule has 0 saturated carbocycles. The summed E-state index contributed by atoms with van der Waals surface area (Å²) in [6.45, 7) is 5.39. The van der Waals surface area contributed by atoms with Crippen LogP contribution in [0.2, 0.25) is 0 Å². The summed E-state index contributed by atoms with van der Waals surface area (Å²) < 4.78 is 10.7. The molecular formula is C19H21NO4. The molecule has 0 aromatic heterocycles. The number of hydrogen-bond acceptors (Lipinski definition) is 4. The highest BCUT2D eigenvalue weighted by Crippen LogP contribution is 2.15. The molecule has 5 nitrogen and oxygen atoms in total. The molecule has 0 heterocycles. The van der Waals surface area contributed by atoms with Gasteiger partial charge in [-0.15, -0.1) is 0 Å². The summed E-state index contributed by atoms with van der Waals surface area (Å²) in [5.74, 6) is -0.257. The minimum Gasteiger partial charge on any atom is -0.491 e. The lowest BCUT2D eigenvalue weighted by molar-refractivity contribution is -0.123. The number of hydrogen-bond donors (Lipinski definition) is 1. The number of nitrogens with one attached hydrogen (secondary N) is 1. The summed E-state index contributed by atoms with van der Waals surface area (Å²) in [6, 6.07) is 15.6. The van der Waals surface area contributed by atoms with Gasteiger partial charge in [-0.2, -0.15) is 0 Å². The van der Waals surface area contributed by atoms with Crippen molar-refractivity contribution in [3.63, 3.8) is 0 Å². The molecule has 1 N–H and O–H groups in total. The van der Waals surface area contributed by atoms with Gasteiger partial charge in [0.05, 0.1) is 11.7 Å². The van der Waals surface area contributed by atoms with Crippen LogP contribution < -0.4 is 10.1 Å². The maximum atomic E-state index is 12.1. The lowest BCUT2D eigenvalue weighted by atomic mass is 10.2. The third-order valence-corrected chi connectivity index (χ3v) is 3.16. The smallest absolute Gasteiger partial charge is 0.338 e. The number of amides is 1. The average Bonchev–Trinajstić information content (AvgIpc) is 2.55. The zero-order chi connectivity index (χ0) is 17.5. The van der Waals surface area contributed by atoms with Gasteiger partial charge in [0, 0.05) is 5.69 Å². The lowest BCUT2D eigenvalue weighted by Crippen LogP contribution is -2.29. The van der Waals surface area contributed by atoms with Crippen LogP contribution in [0.4, 0.5) is 5.69 Å². The Bertz CT molecular complexity index is 680. The van der Waals surface area contributed by atoms with Gasteiger partial charge in [-0.1, -0.05) is 18.2 Å². The second-order valence-electron chi connectivity index (χ2n) is 5.59. The molecule has 1 amide bonds. The van der Waals surface area contributed by atoms with E-state index in [0.29, 0.717) is 17.0 Å². The number of carbonyl (C=O) groups excluding carboxylic acids is 2. The zero-order valence-electron chi connectivity index (χ0n) is 14.0. The summed E-state index contributed by atoms with van der Waals surface area (Å²) in [4.78, 5) is 24.1. The molecule has 2 aromatic carbocycles. The maximum absolute atomic E-state index is 12.1. The number of rotatable bonds is 6. The minimum atomic E-state index is -0.899. The van der Waals surface area contributed by atoms with Gasteiger partial charge in [0.1, 0.15) is 5.75 Å². The highest BCUT2D eigenvalue weighted by atomic mass is 16.5. The molecule has 5 heteroatoms. The van der Waals surface area contributed by atoms with Crippen molar-refractivity contribution in [2.45, 2.75) is 33.0 Å². The van der Waals surface area contributed by atoms with E-state index in [1.807, 2.05) is 32.0 Å². The van der Waals surface area contributed by atoms with Crippen molar-refractivity contribution in [2.75, 3.05) is 5.32 Å². The Morgan fingerprint density at radius 2 is 1.54 bits per heavy atom. The molecule has 0 aliphatic rings. The molecule has 0 bridgehead atoms. The predicted octanol–water partition coefficient (Wildman–Crippen LogP) is 3.66. The van der Waals surface area contributed by atoms with Gasteiger partial charge in [-0.3, -0.25) is 4.79 Å². The molecule has 2 aromatic rings. The normalized spacial score (nSPS) is 11.7. The van der Waals surface area contributed by atoms with Crippen molar-refractivity contribution < 1.29 is 19.1 Å². The second-order valence-corrected chi connectivity index (χ2v) is 5.59. The number of carbonyl (C=O) groups is 2. The molecule has 0 fully saturated rings. The molecule has 0 aliphatic heterocycles. The van der Waals surface area contributed by atoms with Crippen LogP contribution in [0.3, 0.4) is 0 Å². The van der Waals surface area contributed by atoms with Gasteiger partial charge in [0.15, 0.2) is 6.10 Å². The van der Waals surface area contributed by atoms with Crippen LogP contribution in [0.5, 0.6) is 5.75 Å². The fourth-order valence-electron chi connectivity index (χ4n) is 1.99. The van der Waals surface area contributed by atoms with E-state index in [1.165, 1.54) is 6.92 Å². The number of benzene rings is 2. The topological polar surface area (TPSA) is 64.6 Å². The van der Waals surface area contributed by atoms with E-state index in [4.69, 9.17) is 9.47 Å². The highest BCUT2D eigenvalue weighted by Gasteiger charge is 2.19. The Hall–Kier alpha value is -2.82. The Labute approximate surface area is 141 Å². The predicted molar refractivity (Wildman–Crippen MR) is 92.2 cm³/mol. The first-order valence-corrected chi connectivity index (χ1v) is 7.79. The number of para-hydroxylation sites is 1. The Morgan fingerprint density at radius 3 is 2.12 bits per heavy atom. The van der Waals surface area contributed by atoms with Crippen molar-refractivity contribution in [3.05, 3.63) is 60.2 Å². The highest BCUT2D eigenvalue weighted by molar-refractivity contribution is 5.97. The van der Waals surface area contributed by atoms with E-state index in [1.54, 1.807) is 36.4 Å². The Balaban J connectivity index is 1.92. The van der Waals surface area contributed by atoms with Gasteiger partial charge in [-0.05, 0) is 57.2 Å². The monoisotopic (exact) mass is 327 g/mol. The average molecular weight is 327 g/mol. The molecule has 24 heavy (non-hydrogen) atoms. The number of esters is 1. The first-order valence-electron chi connectivity index (χ1n) is 7.79. The molecular weight excluding hydrogens is 306 g/mol. The first-order chi connectivity index (χ1) is 11.5. The molecule has 2 rings (SSSR count). The van der Waals surface area contributed by atoms with Gasteiger partial charge in [0.2, 0.25) is 0 Å². The van der Waals surface area contributed by atoms with Gasteiger partial charge in [-0.25, -0.2) is 4.79 Å². The SMILES string of the molecule is CC(C)Oc1ccc(C(=O)O[C@H](C)C(=O)Nc2ccccc2)cc1. The van der Waals surface area contributed by atoms with Crippen LogP contribution in [0.25, 0.3) is 0 Å². The molecule has 0 radical (unpaired) electrons. The van der Waals surface area contributed by atoms with Crippen LogP contribution in [-0.4, -0.2) is 24.1 Å². The summed E-state index contributed by atoms with van der Waals surface area (Å²) in [5.41, 5.74) is 1.02. The molecule has 0 unspecified atom stereocenters. The minimum absolute atomic E-state index is 0.0597. The van der Waals surface area contributed by atoms with Gasteiger partial charge >= 0.3 is 5.97 Å². The van der Waals surface area contributed by atoms with E-state index in [9.17, 15) is 9.59 Å². The third-order valence-electron chi connectivity index (χ3n) is 3.16. The van der Waals surface area contributed by atoms with Crippen molar-refractivity contribution in [1.29, 1.82) is 0 Å². The Kier molecular flexibility index (Phi) is 5.95. The van der Waals surface area contributed by atoms with Crippen LogP contribution in [-0.2, 0) is 9.53 Å². The van der Waals surface area contributed by atoms with E-state index in [2.05, 4.69) is 5.32 Å². The van der Waals surface area contributed by atoms with Crippen molar-refractivity contribution in [3.8, 4) is 5.75 Å². The zero-order valence-corrected chi connectivity index (χ0v) is 14.0. The number of anilines is 1. The van der Waals surface area contributed by atoms with Gasteiger partial charge in [0.25, 0.3) is 5.91 Å². The van der Waals surface area contributed by atoms with Crippen molar-refractivity contribution in [1.82, 2.24) is 0 Å². The van der Waals surface area contributed by atoms with E-state index < -0.39 is 12.1 Å². The van der Waals surface area contributed by atoms with Crippen molar-refractivity contribution in [2.24, 2.45) is 0 Å². The lowest BCUT2D eigenvalue weighted by Gasteiger charge is -2.14. The van der Waals surface area contributed by atoms with E-state index in [-0.39, 0.29) is 12.0 Å². The van der Waals surface area contributed by atoms with Gasteiger partial charge < -0.3 is 14.8 Å². The summed E-state index contributed by atoms with van der Waals surface area (Å²) in [5, 5.41) is 2.69. The molecule has 0 spiro atoms. The fraction of sp³-hybridized carbons (Fsp3) is 0.263. The maximum Gasteiger partial charge on any atom is 0.338 e. The summed E-state index contributed by atoms with van der Waals surface area (Å²) >= 11 is 0.